The predicted octanol–water partition coefficient (Wildman–Crippen LogP) is 2.76. The number of aromatic nitrogens is 2. The molecule has 0 atom stereocenters. The van der Waals surface area contributed by atoms with Crippen LogP contribution in [0, 0.1) is 13.8 Å². The first-order valence-electron chi connectivity index (χ1n) is 7.55. The van der Waals surface area contributed by atoms with Crippen LogP contribution in [0.5, 0.6) is 5.75 Å². The molecule has 0 saturated heterocycles. The third-order valence-corrected chi connectivity index (χ3v) is 3.95. The summed E-state index contributed by atoms with van der Waals surface area (Å²) in [4.78, 5) is 12.4. The van der Waals surface area contributed by atoms with E-state index >= 15 is 0 Å². The first-order valence-corrected chi connectivity index (χ1v) is 7.55. The van der Waals surface area contributed by atoms with Crippen LogP contribution in [-0.4, -0.2) is 16.8 Å². The number of methoxy groups -OCH3 is 1. The highest BCUT2D eigenvalue weighted by Crippen LogP contribution is 2.27. The Kier molecular flexibility index (Phi) is 4.12. The van der Waals surface area contributed by atoms with Crippen LogP contribution in [0.4, 0.5) is 5.69 Å². The normalized spacial score (nSPS) is 10.8. The summed E-state index contributed by atoms with van der Waals surface area (Å²) in [6.07, 6.45) is 1.79. The van der Waals surface area contributed by atoms with Gasteiger partial charge in [0.05, 0.1) is 25.0 Å². The van der Waals surface area contributed by atoms with Gasteiger partial charge in [0, 0.05) is 17.3 Å². The number of anilines is 1. The number of rotatable bonds is 4. The van der Waals surface area contributed by atoms with Gasteiger partial charge in [-0.3, -0.25) is 4.79 Å². The van der Waals surface area contributed by atoms with Crippen molar-refractivity contribution >= 4 is 5.69 Å². The van der Waals surface area contributed by atoms with Crippen molar-refractivity contribution in [2.24, 2.45) is 0 Å². The Labute approximate surface area is 139 Å². The molecule has 0 spiro atoms. The van der Waals surface area contributed by atoms with Crippen molar-refractivity contribution < 1.29 is 9.26 Å². The standard InChI is InChI=1S/C18H19N3O3/c1-11-17(12(2)24-20-11)14-8-16(19)18(22)21(10-14)9-13-4-6-15(23-3)7-5-13/h4-8,10H,9,19H2,1-3H3. The van der Waals surface area contributed by atoms with Crippen LogP contribution in [-0.2, 0) is 6.54 Å². The Morgan fingerprint density at radius 1 is 1.25 bits per heavy atom. The van der Waals surface area contributed by atoms with Crippen molar-refractivity contribution in [1.29, 1.82) is 0 Å². The van der Waals surface area contributed by atoms with E-state index in [9.17, 15) is 4.79 Å². The van der Waals surface area contributed by atoms with E-state index in [-0.39, 0.29) is 11.2 Å². The van der Waals surface area contributed by atoms with E-state index in [1.807, 2.05) is 38.1 Å². The Balaban J connectivity index is 2.03. The number of nitrogen functional groups attached to an aromatic ring is 1. The molecule has 2 heterocycles. The highest BCUT2D eigenvalue weighted by molar-refractivity contribution is 5.69. The zero-order chi connectivity index (χ0) is 17.3. The van der Waals surface area contributed by atoms with Crippen LogP contribution < -0.4 is 16.0 Å². The predicted molar refractivity (Wildman–Crippen MR) is 92.2 cm³/mol. The highest BCUT2D eigenvalue weighted by Gasteiger charge is 2.14. The molecule has 0 fully saturated rings. The summed E-state index contributed by atoms with van der Waals surface area (Å²) in [5, 5.41) is 3.96. The molecule has 6 heteroatoms. The second-order valence-electron chi connectivity index (χ2n) is 5.66. The number of hydrogen-bond acceptors (Lipinski definition) is 5. The van der Waals surface area contributed by atoms with Crippen molar-refractivity contribution in [1.82, 2.24) is 9.72 Å². The van der Waals surface area contributed by atoms with Gasteiger partial charge in [0.1, 0.15) is 11.5 Å². The fourth-order valence-electron chi connectivity index (χ4n) is 2.74. The summed E-state index contributed by atoms with van der Waals surface area (Å²) in [6, 6.07) is 9.23. The van der Waals surface area contributed by atoms with Crippen molar-refractivity contribution in [2.45, 2.75) is 20.4 Å². The number of aryl methyl sites for hydroxylation is 2. The molecule has 3 aromatic rings. The lowest BCUT2D eigenvalue weighted by Crippen LogP contribution is -2.23. The molecule has 1 aromatic carbocycles. The maximum atomic E-state index is 12.4. The van der Waals surface area contributed by atoms with Crippen LogP contribution in [0.25, 0.3) is 11.1 Å². The van der Waals surface area contributed by atoms with Crippen molar-refractivity contribution in [3.05, 3.63) is 63.9 Å². The van der Waals surface area contributed by atoms with Gasteiger partial charge in [-0.25, -0.2) is 0 Å². The molecule has 0 radical (unpaired) electrons. The summed E-state index contributed by atoms with van der Waals surface area (Å²) in [6.45, 7) is 4.12. The third kappa shape index (κ3) is 2.90. The fourth-order valence-corrected chi connectivity index (χ4v) is 2.74. The minimum Gasteiger partial charge on any atom is -0.497 e. The summed E-state index contributed by atoms with van der Waals surface area (Å²) in [5.41, 5.74) is 9.32. The molecule has 0 aliphatic carbocycles. The van der Waals surface area contributed by atoms with Gasteiger partial charge in [-0.05, 0) is 37.6 Å². The number of benzene rings is 1. The van der Waals surface area contributed by atoms with Crippen LogP contribution in [0.2, 0.25) is 0 Å². The van der Waals surface area contributed by atoms with Gasteiger partial charge in [-0.15, -0.1) is 0 Å². The lowest BCUT2D eigenvalue weighted by Gasteiger charge is -2.11. The molecule has 0 amide bonds. The minimum absolute atomic E-state index is 0.195. The van der Waals surface area contributed by atoms with Crippen molar-refractivity contribution in [3.63, 3.8) is 0 Å². The van der Waals surface area contributed by atoms with E-state index in [1.54, 1.807) is 23.9 Å². The monoisotopic (exact) mass is 325 g/mol. The first-order chi connectivity index (χ1) is 11.5. The molecule has 24 heavy (non-hydrogen) atoms. The molecule has 124 valence electrons. The average Bonchev–Trinajstić information content (AvgIpc) is 2.91. The quantitative estimate of drug-likeness (QED) is 0.797. The Bertz CT molecular complexity index is 904. The molecule has 3 rings (SSSR count). The van der Waals surface area contributed by atoms with Gasteiger partial charge in [0.25, 0.3) is 5.56 Å². The van der Waals surface area contributed by atoms with Crippen LogP contribution >= 0.6 is 0 Å². The van der Waals surface area contributed by atoms with E-state index in [0.717, 1.165) is 28.1 Å². The number of ether oxygens (including phenoxy) is 1. The SMILES string of the molecule is COc1ccc(Cn2cc(-c3c(C)noc3C)cc(N)c2=O)cc1. The van der Waals surface area contributed by atoms with Crippen LogP contribution in [0.15, 0.2) is 45.8 Å². The van der Waals surface area contributed by atoms with E-state index in [2.05, 4.69) is 5.16 Å². The number of pyridine rings is 1. The largest absolute Gasteiger partial charge is 0.497 e. The van der Waals surface area contributed by atoms with Crippen molar-refractivity contribution in [3.8, 4) is 16.9 Å². The second kappa shape index (κ2) is 6.23. The maximum absolute atomic E-state index is 12.4. The Morgan fingerprint density at radius 3 is 2.54 bits per heavy atom. The molecule has 6 nitrogen and oxygen atoms in total. The first kappa shape index (κ1) is 15.9. The van der Waals surface area contributed by atoms with Gasteiger partial charge in [-0.2, -0.15) is 0 Å². The lowest BCUT2D eigenvalue weighted by molar-refractivity contribution is 0.393. The molecule has 0 aliphatic heterocycles. The molecule has 0 saturated carbocycles. The third-order valence-electron chi connectivity index (χ3n) is 3.95. The van der Waals surface area contributed by atoms with Crippen LogP contribution in [0.1, 0.15) is 17.0 Å². The topological polar surface area (TPSA) is 83.3 Å². The minimum atomic E-state index is -0.221. The van der Waals surface area contributed by atoms with E-state index in [0.29, 0.717) is 12.3 Å². The number of hydrogen-bond donors (Lipinski definition) is 1. The van der Waals surface area contributed by atoms with Gasteiger partial charge >= 0.3 is 0 Å². The molecule has 2 N–H and O–H groups in total. The zero-order valence-corrected chi connectivity index (χ0v) is 13.9. The summed E-state index contributed by atoms with van der Waals surface area (Å²) in [5.74, 6) is 1.47. The zero-order valence-electron chi connectivity index (χ0n) is 13.9. The molecular formula is C18H19N3O3. The van der Waals surface area contributed by atoms with Crippen molar-refractivity contribution in [2.75, 3.05) is 12.8 Å². The Morgan fingerprint density at radius 2 is 1.96 bits per heavy atom. The Hall–Kier alpha value is -3.02. The smallest absolute Gasteiger partial charge is 0.274 e. The van der Waals surface area contributed by atoms with E-state index < -0.39 is 0 Å². The maximum Gasteiger partial charge on any atom is 0.274 e. The van der Waals surface area contributed by atoms with Crippen LogP contribution in [0.3, 0.4) is 0 Å². The highest BCUT2D eigenvalue weighted by atomic mass is 16.5. The molecule has 0 bridgehead atoms. The average molecular weight is 325 g/mol. The molecular weight excluding hydrogens is 306 g/mol. The number of nitrogens with two attached hydrogens (primary N) is 1. The molecule has 0 aliphatic rings. The fraction of sp³-hybridized carbons (Fsp3) is 0.222. The summed E-state index contributed by atoms with van der Waals surface area (Å²) in [7, 11) is 1.62. The molecule has 2 aromatic heterocycles. The summed E-state index contributed by atoms with van der Waals surface area (Å²) < 4.78 is 12.0. The van der Waals surface area contributed by atoms with E-state index in [1.165, 1.54) is 0 Å². The van der Waals surface area contributed by atoms with Gasteiger partial charge in [0.2, 0.25) is 0 Å². The second-order valence-corrected chi connectivity index (χ2v) is 5.66. The molecule has 0 unspecified atom stereocenters. The van der Waals surface area contributed by atoms with Gasteiger partial charge in [-0.1, -0.05) is 17.3 Å². The van der Waals surface area contributed by atoms with Gasteiger partial charge in [0.15, 0.2) is 0 Å². The summed E-state index contributed by atoms with van der Waals surface area (Å²) >= 11 is 0. The van der Waals surface area contributed by atoms with Gasteiger partial charge < -0.3 is 19.6 Å². The lowest BCUT2D eigenvalue weighted by atomic mass is 10.1. The van der Waals surface area contributed by atoms with E-state index in [4.69, 9.17) is 15.0 Å². The number of nitrogens with zero attached hydrogens (tertiary/aromatic N) is 2.